The van der Waals surface area contributed by atoms with Crippen LogP contribution < -0.4 is 5.56 Å². The van der Waals surface area contributed by atoms with Gasteiger partial charge in [0.1, 0.15) is 5.69 Å². The molecule has 3 heterocycles. The predicted octanol–water partition coefficient (Wildman–Crippen LogP) is 2.48. The number of nitrogens with one attached hydrogen (secondary N) is 1. The highest BCUT2D eigenvalue weighted by Crippen LogP contribution is 2.18. The van der Waals surface area contributed by atoms with Gasteiger partial charge < -0.3 is 9.88 Å². The summed E-state index contributed by atoms with van der Waals surface area (Å²) in [4.78, 5) is 32.4. The van der Waals surface area contributed by atoms with Crippen molar-refractivity contribution in [2.24, 2.45) is 0 Å². The third-order valence-corrected chi connectivity index (χ3v) is 5.68. The quantitative estimate of drug-likeness (QED) is 0.721. The monoisotopic (exact) mass is 407 g/mol. The van der Waals surface area contributed by atoms with Gasteiger partial charge in [0.2, 0.25) is 0 Å². The number of nitrogens with zero attached hydrogens (tertiary/aromatic N) is 4. The highest BCUT2D eigenvalue weighted by Gasteiger charge is 2.23. The fourth-order valence-corrected chi connectivity index (χ4v) is 3.78. The molecule has 1 amide bonds. The van der Waals surface area contributed by atoms with E-state index in [1.54, 1.807) is 10.7 Å². The fourth-order valence-electron chi connectivity index (χ4n) is 3.78. The zero-order valence-electron chi connectivity index (χ0n) is 17.9. The first-order chi connectivity index (χ1) is 14.3. The molecule has 1 aliphatic rings. The fraction of sp³-hybridized carbons (Fsp3) is 0.435. The molecule has 0 radical (unpaired) electrons. The van der Waals surface area contributed by atoms with Gasteiger partial charge in [-0.1, -0.05) is 39.0 Å². The summed E-state index contributed by atoms with van der Waals surface area (Å²) in [6.07, 6.45) is 0. The summed E-state index contributed by atoms with van der Waals surface area (Å²) in [7, 11) is 0. The molecule has 0 aliphatic carbocycles. The van der Waals surface area contributed by atoms with Crippen LogP contribution in [0.4, 0.5) is 0 Å². The van der Waals surface area contributed by atoms with E-state index in [0.717, 1.165) is 36.2 Å². The van der Waals surface area contributed by atoms with Crippen LogP contribution >= 0.6 is 0 Å². The normalized spacial score (nSPS) is 15.6. The number of rotatable bonds is 4. The first-order valence-electron chi connectivity index (χ1n) is 10.5. The van der Waals surface area contributed by atoms with Crippen molar-refractivity contribution in [1.29, 1.82) is 0 Å². The molecule has 3 aromatic rings. The third kappa shape index (κ3) is 4.31. The number of hydrogen-bond acceptors (Lipinski definition) is 4. The Kier molecular flexibility index (Phi) is 5.47. The van der Waals surface area contributed by atoms with E-state index in [9.17, 15) is 9.59 Å². The Balaban J connectivity index is 1.34. The van der Waals surface area contributed by atoms with E-state index in [1.807, 2.05) is 41.3 Å². The minimum atomic E-state index is -0.0932. The minimum Gasteiger partial charge on any atom is -0.351 e. The Labute approximate surface area is 176 Å². The Morgan fingerprint density at radius 1 is 1.03 bits per heavy atom. The maximum atomic E-state index is 12.9. The molecule has 0 unspecified atom stereocenters. The molecule has 0 bridgehead atoms. The lowest BCUT2D eigenvalue weighted by Gasteiger charge is -2.34. The number of carbonyl (C=O) groups excluding carboxylic acids is 1. The molecule has 7 nitrogen and oxygen atoms in total. The number of amides is 1. The van der Waals surface area contributed by atoms with Crippen molar-refractivity contribution < 1.29 is 4.79 Å². The lowest BCUT2D eigenvalue weighted by atomic mass is 9.92. The maximum absolute atomic E-state index is 12.9. The number of aromatic amines is 1. The molecular formula is C23H29N5O2. The number of aromatic nitrogens is 3. The Morgan fingerprint density at radius 3 is 2.47 bits per heavy atom. The number of H-pyrrole nitrogens is 1. The molecule has 1 aromatic carbocycles. The summed E-state index contributed by atoms with van der Waals surface area (Å²) >= 11 is 0. The van der Waals surface area contributed by atoms with E-state index < -0.39 is 0 Å². The van der Waals surface area contributed by atoms with Crippen LogP contribution in [0.25, 0.3) is 10.9 Å². The van der Waals surface area contributed by atoms with Gasteiger partial charge in [0.25, 0.3) is 11.5 Å². The van der Waals surface area contributed by atoms with Crippen molar-refractivity contribution in [2.75, 3.05) is 32.7 Å². The lowest BCUT2D eigenvalue weighted by molar-refractivity contribution is 0.0626. The number of hydrogen-bond donors (Lipinski definition) is 1. The van der Waals surface area contributed by atoms with Crippen LogP contribution in [-0.2, 0) is 12.0 Å². The van der Waals surface area contributed by atoms with Gasteiger partial charge in [0.05, 0.1) is 12.2 Å². The van der Waals surface area contributed by atoms with E-state index in [-0.39, 0.29) is 16.9 Å². The Hall–Kier alpha value is -2.93. The van der Waals surface area contributed by atoms with Gasteiger partial charge in [-0.2, -0.15) is 5.10 Å². The molecule has 1 N–H and O–H groups in total. The van der Waals surface area contributed by atoms with Crippen LogP contribution in [0.2, 0.25) is 0 Å². The van der Waals surface area contributed by atoms with E-state index >= 15 is 0 Å². The second-order valence-electron chi connectivity index (χ2n) is 8.93. The molecule has 1 saturated heterocycles. The van der Waals surface area contributed by atoms with E-state index in [4.69, 9.17) is 0 Å². The van der Waals surface area contributed by atoms with Crippen molar-refractivity contribution in [1.82, 2.24) is 24.6 Å². The van der Waals surface area contributed by atoms with Crippen LogP contribution in [-0.4, -0.2) is 63.2 Å². The molecule has 7 heteroatoms. The smallest absolute Gasteiger partial charge is 0.270 e. The number of para-hydroxylation sites is 1. The molecule has 0 saturated carbocycles. The maximum Gasteiger partial charge on any atom is 0.270 e. The average molecular weight is 408 g/mol. The first kappa shape index (κ1) is 20.3. The van der Waals surface area contributed by atoms with Crippen LogP contribution in [0.3, 0.4) is 0 Å². The van der Waals surface area contributed by atoms with Gasteiger partial charge in [0, 0.05) is 55.1 Å². The number of fused-ring (bicyclic) bond motifs is 1. The van der Waals surface area contributed by atoms with Gasteiger partial charge >= 0.3 is 0 Å². The second kappa shape index (κ2) is 8.07. The average Bonchev–Trinajstić information content (AvgIpc) is 3.16. The summed E-state index contributed by atoms with van der Waals surface area (Å²) in [5.74, 6) is 0.0432. The van der Waals surface area contributed by atoms with Crippen molar-refractivity contribution in [3.05, 3.63) is 64.2 Å². The summed E-state index contributed by atoms with van der Waals surface area (Å²) in [5, 5.41) is 5.59. The summed E-state index contributed by atoms with van der Waals surface area (Å²) in [6, 6.07) is 13.3. The van der Waals surface area contributed by atoms with Gasteiger partial charge in [-0.05, 0) is 18.2 Å². The van der Waals surface area contributed by atoms with E-state index in [0.29, 0.717) is 25.3 Å². The van der Waals surface area contributed by atoms with Crippen LogP contribution in [0.5, 0.6) is 0 Å². The largest absolute Gasteiger partial charge is 0.351 e. The van der Waals surface area contributed by atoms with Crippen molar-refractivity contribution >= 4 is 16.8 Å². The molecule has 1 fully saturated rings. The summed E-state index contributed by atoms with van der Waals surface area (Å²) in [6.45, 7) is 10.5. The molecule has 30 heavy (non-hydrogen) atoms. The van der Waals surface area contributed by atoms with Gasteiger partial charge in [-0.25, -0.2) is 4.68 Å². The standard InChI is InChI=1S/C23H29N5O2/c1-23(2,3)20-8-9-21(29)28(25-20)15-12-26-10-13-27(14-11-26)22(30)19-16-17-6-4-5-7-18(17)24-19/h4-9,16,24H,10-15H2,1-3H3. The molecule has 0 spiro atoms. The number of carbonyl (C=O) groups is 1. The third-order valence-electron chi connectivity index (χ3n) is 5.68. The zero-order chi connectivity index (χ0) is 21.3. The minimum absolute atomic E-state index is 0.0432. The number of piperazine rings is 1. The van der Waals surface area contributed by atoms with Crippen LogP contribution in [0.15, 0.2) is 47.3 Å². The van der Waals surface area contributed by atoms with Gasteiger partial charge in [-0.15, -0.1) is 0 Å². The molecule has 2 aromatic heterocycles. The summed E-state index contributed by atoms with van der Waals surface area (Å²) in [5.41, 5.74) is 2.37. The highest BCUT2D eigenvalue weighted by atomic mass is 16.2. The molecular weight excluding hydrogens is 378 g/mol. The molecule has 0 atom stereocenters. The van der Waals surface area contributed by atoms with Crippen molar-refractivity contribution in [3.63, 3.8) is 0 Å². The van der Waals surface area contributed by atoms with Crippen molar-refractivity contribution in [3.8, 4) is 0 Å². The van der Waals surface area contributed by atoms with E-state index in [1.165, 1.54) is 0 Å². The van der Waals surface area contributed by atoms with Gasteiger partial charge in [-0.3, -0.25) is 14.5 Å². The van der Waals surface area contributed by atoms with Crippen molar-refractivity contribution in [2.45, 2.75) is 32.7 Å². The Morgan fingerprint density at radius 2 is 1.77 bits per heavy atom. The zero-order valence-corrected chi connectivity index (χ0v) is 17.9. The lowest BCUT2D eigenvalue weighted by Crippen LogP contribution is -2.49. The van der Waals surface area contributed by atoms with Gasteiger partial charge in [0.15, 0.2) is 0 Å². The highest BCUT2D eigenvalue weighted by molar-refractivity contribution is 5.98. The predicted molar refractivity (Wildman–Crippen MR) is 118 cm³/mol. The molecule has 4 rings (SSSR count). The molecule has 158 valence electrons. The molecule has 1 aliphatic heterocycles. The van der Waals surface area contributed by atoms with Crippen LogP contribution in [0.1, 0.15) is 37.0 Å². The second-order valence-corrected chi connectivity index (χ2v) is 8.93. The van der Waals surface area contributed by atoms with E-state index in [2.05, 4.69) is 35.8 Å². The van der Waals surface area contributed by atoms with Crippen LogP contribution in [0, 0.1) is 0 Å². The Bertz CT molecular complexity index is 1070. The number of benzene rings is 1. The topological polar surface area (TPSA) is 74.2 Å². The first-order valence-corrected chi connectivity index (χ1v) is 10.5. The SMILES string of the molecule is CC(C)(C)c1ccc(=O)n(CCN2CCN(C(=O)c3cc4ccccc4[nH]3)CC2)n1. The summed E-state index contributed by atoms with van der Waals surface area (Å²) < 4.78 is 1.56.